The van der Waals surface area contributed by atoms with Gasteiger partial charge in [0.2, 0.25) is 0 Å². The summed E-state index contributed by atoms with van der Waals surface area (Å²) in [5.41, 5.74) is -0.612. The Bertz CT molecular complexity index is 716. The van der Waals surface area contributed by atoms with E-state index in [0.717, 1.165) is 18.2 Å². The molecule has 0 radical (unpaired) electrons. The Hall–Kier alpha value is -2.76. The normalized spacial score (nSPS) is 12.2. The Kier molecular flexibility index (Phi) is 4.21. The molecule has 0 heterocycles. The molecule has 0 aromatic heterocycles. The van der Waals surface area contributed by atoms with Crippen molar-refractivity contribution < 1.29 is 28.2 Å². The molecule has 0 spiro atoms. The summed E-state index contributed by atoms with van der Waals surface area (Å²) in [5, 5.41) is 18.4. The fourth-order valence-corrected chi connectivity index (χ4v) is 1.88. The first-order valence-electron chi connectivity index (χ1n) is 6.19. The fraction of sp³-hybridized carbons (Fsp3) is 0.0625. The summed E-state index contributed by atoms with van der Waals surface area (Å²) in [4.78, 5) is 11.3. The number of aromatic hydroxyl groups is 1. The zero-order valence-electron chi connectivity index (χ0n) is 11.1. The predicted molar refractivity (Wildman–Crippen MR) is 75.1 cm³/mol. The minimum Gasteiger partial charge on any atom is -0.508 e. The monoisotopic (exact) mass is 308 g/mol. The standard InChI is InChI=1S/C16H11F3O3/c17-16(18,19)12-3-1-2-10(8-12)9-14(15(21)22)11-4-6-13(20)7-5-11/h1-9,20H,(H,21,22)/b14-9-. The number of carboxylic acids is 1. The van der Waals surface area contributed by atoms with Crippen LogP contribution in [0, 0.1) is 0 Å². The van der Waals surface area contributed by atoms with E-state index in [0.29, 0.717) is 0 Å². The van der Waals surface area contributed by atoms with E-state index in [2.05, 4.69) is 0 Å². The van der Waals surface area contributed by atoms with Gasteiger partial charge in [-0.15, -0.1) is 0 Å². The van der Waals surface area contributed by atoms with Gasteiger partial charge >= 0.3 is 12.1 Å². The molecule has 2 N–H and O–H groups in total. The van der Waals surface area contributed by atoms with Crippen LogP contribution in [0.3, 0.4) is 0 Å². The molecule has 0 unspecified atom stereocenters. The molecule has 0 atom stereocenters. The number of halogens is 3. The second kappa shape index (κ2) is 5.93. The van der Waals surface area contributed by atoms with Crippen LogP contribution in [0.1, 0.15) is 16.7 Å². The molecule has 6 heteroatoms. The zero-order chi connectivity index (χ0) is 16.3. The van der Waals surface area contributed by atoms with Gasteiger partial charge in [-0.1, -0.05) is 24.3 Å². The van der Waals surface area contributed by atoms with E-state index in [1.165, 1.54) is 36.4 Å². The summed E-state index contributed by atoms with van der Waals surface area (Å²) in [6, 6.07) is 9.76. The van der Waals surface area contributed by atoms with Crippen molar-refractivity contribution in [1.82, 2.24) is 0 Å². The lowest BCUT2D eigenvalue weighted by Gasteiger charge is -2.08. The van der Waals surface area contributed by atoms with Gasteiger partial charge in [-0.3, -0.25) is 0 Å². The first-order chi connectivity index (χ1) is 10.3. The van der Waals surface area contributed by atoms with E-state index in [1.54, 1.807) is 0 Å². The highest BCUT2D eigenvalue weighted by Crippen LogP contribution is 2.30. The van der Waals surface area contributed by atoms with Crippen molar-refractivity contribution in [3.8, 4) is 5.75 Å². The average Bonchev–Trinajstić information content (AvgIpc) is 2.45. The molecule has 0 bridgehead atoms. The van der Waals surface area contributed by atoms with Gasteiger partial charge in [0.05, 0.1) is 11.1 Å². The molecule has 0 aliphatic heterocycles. The molecule has 0 fully saturated rings. The van der Waals surface area contributed by atoms with Crippen molar-refractivity contribution in [3.05, 3.63) is 65.2 Å². The lowest BCUT2D eigenvalue weighted by atomic mass is 10.0. The largest absolute Gasteiger partial charge is 0.508 e. The second-order valence-corrected chi connectivity index (χ2v) is 4.53. The lowest BCUT2D eigenvalue weighted by molar-refractivity contribution is -0.137. The Labute approximate surface area is 124 Å². The van der Waals surface area contributed by atoms with E-state index >= 15 is 0 Å². The van der Waals surface area contributed by atoms with Gasteiger partial charge in [0, 0.05) is 0 Å². The molecule has 0 saturated carbocycles. The minimum absolute atomic E-state index is 0.0347. The number of phenols is 1. The fourth-order valence-electron chi connectivity index (χ4n) is 1.88. The highest BCUT2D eigenvalue weighted by atomic mass is 19.4. The number of rotatable bonds is 3. The zero-order valence-corrected chi connectivity index (χ0v) is 11.1. The first-order valence-corrected chi connectivity index (χ1v) is 6.19. The van der Waals surface area contributed by atoms with Crippen LogP contribution in [0.2, 0.25) is 0 Å². The van der Waals surface area contributed by atoms with Crippen LogP contribution in [-0.4, -0.2) is 16.2 Å². The highest BCUT2D eigenvalue weighted by molar-refractivity contribution is 6.20. The molecule has 114 valence electrons. The van der Waals surface area contributed by atoms with Crippen molar-refractivity contribution in [1.29, 1.82) is 0 Å². The number of carboxylic acid groups (broad SMARTS) is 1. The van der Waals surface area contributed by atoms with Gasteiger partial charge < -0.3 is 10.2 Å². The smallest absolute Gasteiger partial charge is 0.416 e. The molecule has 2 rings (SSSR count). The number of phenolic OH excluding ortho intramolecular Hbond substituents is 1. The van der Waals surface area contributed by atoms with E-state index < -0.39 is 17.7 Å². The Morgan fingerprint density at radius 1 is 1.05 bits per heavy atom. The molecule has 2 aromatic rings. The Balaban J connectivity index is 2.47. The maximum atomic E-state index is 12.7. The van der Waals surface area contributed by atoms with Gasteiger partial charge in [0.25, 0.3) is 0 Å². The SMILES string of the molecule is O=C(O)/C(=C\c1cccc(C(F)(F)F)c1)c1ccc(O)cc1. The van der Waals surface area contributed by atoms with Crippen LogP contribution >= 0.6 is 0 Å². The number of carbonyl (C=O) groups is 1. The molecule has 0 saturated heterocycles. The Morgan fingerprint density at radius 2 is 1.68 bits per heavy atom. The Morgan fingerprint density at radius 3 is 2.23 bits per heavy atom. The van der Waals surface area contributed by atoms with E-state index in [-0.39, 0.29) is 22.4 Å². The molecule has 0 aliphatic carbocycles. The van der Waals surface area contributed by atoms with Crippen molar-refractivity contribution in [2.45, 2.75) is 6.18 Å². The summed E-state index contributed by atoms with van der Waals surface area (Å²) in [6.07, 6.45) is -3.34. The van der Waals surface area contributed by atoms with Gasteiger partial charge in [-0.25, -0.2) is 4.79 Å². The maximum absolute atomic E-state index is 12.7. The second-order valence-electron chi connectivity index (χ2n) is 4.53. The van der Waals surface area contributed by atoms with Gasteiger partial charge in [-0.05, 0) is 41.5 Å². The van der Waals surface area contributed by atoms with Crippen molar-refractivity contribution in [3.63, 3.8) is 0 Å². The quantitative estimate of drug-likeness (QED) is 0.664. The predicted octanol–water partition coefficient (Wildman–Crippen LogP) is 4.04. The number of aliphatic carboxylic acids is 1. The summed E-state index contributed by atoms with van der Waals surface area (Å²) in [7, 11) is 0. The number of alkyl halides is 3. The van der Waals surface area contributed by atoms with E-state index in [4.69, 9.17) is 0 Å². The van der Waals surface area contributed by atoms with E-state index in [9.17, 15) is 28.2 Å². The molecule has 0 aliphatic rings. The van der Waals surface area contributed by atoms with Crippen LogP contribution in [-0.2, 0) is 11.0 Å². The topological polar surface area (TPSA) is 57.5 Å². The summed E-state index contributed by atoms with van der Waals surface area (Å²) >= 11 is 0. The van der Waals surface area contributed by atoms with Crippen LogP contribution in [0.25, 0.3) is 11.6 Å². The van der Waals surface area contributed by atoms with Crippen LogP contribution in [0.5, 0.6) is 5.75 Å². The first kappa shape index (κ1) is 15.6. The molecular weight excluding hydrogens is 297 g/mol. The van der Waals surface area contributed by atoms with Crippen LogP contribution in [0.4, 0.5) is 13.2 Å². The van der Waals surface area contributed by atoms with Crippen LogP contribution in [0.15, 0.2) is 48.5 Å². The maximum Gasteiger partial charge on any atom is 0.416 e. The molecular formula is C16H11F3O3. The van der Waals surface area contributed by atoms with Crippen molar-refractivity contribution in [2.24, 2.45) is 0 Å². The molecule has 2 aromatic carbocycles. The summed E-state index contributed by atoms with van der Waals surface area (Å²) in [5.74, 6) is -1.31. The molecule has 0 amide bonds. The minimum atomic E-state index is -4.49. The van der Waals surface area contributed by atoms with E-state index in [1.807, 2.05) is 0 Å². The number of hydrogen-bond donors (Lipinski definition) is 2. The van der Waals surface area contributed by atoms with Gasteiger partial charge in [0.1, 0.15) is 5.75 Å². The average molecular weight is 308 g/mol. The lowest BCUT2D eigenvalue weighted by Crippen LogP contribution is -2.05. The summed E-state index contributed by atoms with van der Waals surface area (Å²) in [6.45, 7) is 0. The third kappa shape index (κ3) is 3.66. The molecule has 22 heavy (non-hydrogen) atoms. The van der Waals surface area contributed by atoms with Crippen molar-refractivity contribution >= 4 is 17.6 Å². The number of benzene rings is 2. The number of hydrogen-bond acceptors (Lipinski definition) is 2. The third-order valence-corrected chi connectivity index (χ3v) is 2.93. The van der Waals surface area contributed by atoms with Gasteiger partial charge in [-0.2, -0.15) is 13.2 Å². The van der Waals surface area contributed by atoms with Gasteiger partial charge in [0.15, 0.2) is 0 Å². The molecule has 3 nitrogen and oxygen atoms in total. The van der Waals surface area contributed by atoms with Crippen LogP contribution < -0.4 is 0 Å². The highest BCUT2D eigenvalue weighted by Gasteiger charge is 2.30. The van der Waals surface area contributed by atoms with Crippen molar-refractivity contribution in [2.75, 3.05) is 0 Å². The summed E-state index contributed by atoms with van der Waals surface area (Å²) < 4.78 is 38.0. The third-order valence-electron chi connectivity index (χ3n) is 2.93.